The first kappa shape index (κ1) is 14.4. The lowest BCUT2D eigenvalue weighted by Crippen LogP contribution is -2.30. The van der Waals surface area contributed by atoms with Gasteiger partial charge in [-0.3, -0.25) is 0 Å². The molecule has 0 heterocycles. The summed E-state index contributed by atoms with van der Waals surface area (Å²) in [6, 6.07) is 4.20. The molecule has 0 bridgehead atoms. The Hall–Kier alpha value is -0.000000000000000139. The Bertz CT molecular complexity index is 523. The van der Waals surface area contributed by atoms with Crippen LogP contribution < -0.4 is 4.72 Å². The molecule has 0 radical (unpaired) electrons. The van der Waals surface area contributed by atoms with Gasteiger partial charge in [-0.05, 0) is 37.0 Å². The standard InChI is InChI=1S/C11H12Cl3NO2S/c12-8-3-9(13)5-10(4-8)18(16,17)15-6-11(14)7-1-2-7/h3-5,7,11,15H,1-2,6H2. The molecule has 0 aromatic heterocycles. The molecule has 1 aliphatic rings. The number of hydrogen-bond acceptors (Lipinski definition) is 2. The minimum atomic E-state index is -3.61. The molecule has 2 rings (SSSR count). The Labute approximate surface area is 121 Å². The van der Waals surface area contributed by atoms with Crippen molar-refractivity contribution in [3.63, 3.8) is 0 Å². The summed E-state index contributed by atoms with van der Waals surface area (Å²) in [4.78, 5) is 0.0552. The fourth-order valence-corrected chi connectivity index (χ4v) is 3.79. The van der Waals surface area contributed by atoms with Gasteiger partial charge in [-0.15, -0.1) is 11.6 Å². The number of rotatable bonds is 5. The normalized spacial score (nSPS) is 17.7. The van der Waals surface area contributed by atoms with Crippen molar-refractivity contribution >= 4 is 44.8 Å². The lowest BCUT2D eigenvalue weighted by Gasteiger charge is -2.11. The van der Waals surface area contributed by atoms with Crippen molar-refractivity contribution in [2.24, 2.45) is 5.92 Å². The van der Waals surface area contributed by atoms with Crippen LogP contribution in [0.3, 0.4) is 0 Å². The van der Waals surface area contributed by atoms with Crippen molar-refractivity contribution in [1.82, 2.24) is 4.72 Å². The Kier molecular flexibility index (Phi) is 4.44. The van der Waals surface area contributed by atoms with Crippen molar-refractivity contribution in [3.8, 4) is 0 Å². The molecule has 1 saturated carbocycles. The van der Waals surface area contributed by atoms with E-state index in [1.165, 1.54) is 18.2 Å². The predicted octanol–water partition coefficient (Wildman–Crippen LogP) is 3.29. The molecule has 3 nitrogen and oxygen atoms in total. The minimum Gasteiger partial charge on any atom is -0.210 e. The molecule has 18 heavy (non-hydrogen) atoms. The summed E-state index contributed by atoms with van der Waals surface area (Å²) in [5.74, 6) is 0.428. The van der Waals surface area contributed by atoms with Gasteiger partial charge in [-0.1, -0.05) is 23.2 Å². The largest absolute Gasteiger partial charge is 0.240 e. The fraction of sp³-hybridized carbons (Fsp3) is 0.455. The molecule has 1 unspecified atom stereocenters. The molecule has 1 aromatic rings. The van der Waals surface area contributed by atoms with Gasteiger partial charge in [0.1, 0.15) is 0 Å². The van der Waals surface area contributed by atoms with E-state index in [2.05, 4.69) is 4.72 Å². The highest BCUT2D eigenvalue weighted by Gasteiger charge is 2.30. The fourth-order valence-electron chi connectivity index (χ4n) is 1.58. The van der Waals surface area contributed by atoms with E-state index in [9.17, 15) is 8.42 Å². The highest BCUT2D eigenvalue weighted by atomic mass is 35.5. The van der Waals surface area contributed by atoms with Gasteiger partial charge in [0, 0.05) is 22.0 Å². The topological polar surface area (TPSA) is 46.2 Å². The zero-order valence-corrected chi connectivity index (χ0v) is 12.5. The predicted molar refractivity (Wildman–Crippen MR) is 74.0 cm³/mol. The molecule has 0 aliphatic heterocycles. The monoisotopic (exact) mass is 327 g/mol. The number of halogens is 3. The molecule has 0 saturated heterocycles. The Balaban J connectivity index is 2.09. The molecule has 0 amide bonds. The van der Waals surface area contributed by atoms with Gasteiger partial charge < -0.3 is 0 Å². The molecule has 1 aliphatic carbocycles. The van der Waals surface area contributed by atoms with Crippen LogP contribution in [0.15, 0.2) is 23.1 Å². The first-order valence-electron chi connectivity index (χ1n) is 5.48. The quantitative estimate of drug-likeness (QED) is 0.843. The Morgan fingerprint density at radius 1 is 1.22 bits per heavy atom. The average Bonchev–Trinajstić information content (AvgIpc) is 3.08. The van der Waals surface area contributed by atoms with Crippen LogP contribution in [0.1, 0.15) is 12.8 Å². The maximum atomic E-state index is 12.0. The van der Waals surface area contributed by atoms with Gasteiger partial charge in [0.25, 0.3) is 0 Å². The van der Waals surface area contributed by atoms with Gasteiger partial charge in [0.2, 0.25) is 10.0 Å². The second-order valence-electron chi connectivity index (χ2n) is 4.31. The molecular formula is C11H12Cl3NO2S. The highest BCUT2D eigenvalue weighted by molar-refractivity contribution is 7.89. The maximum Gasteiger partial charge on any atom is 0.240 e. The third kappa shape index (κ3) is 3.75. The van der Waals surface area contributed by atoms with Crippen LogP contribution in [0.25, 0.3) is 0 Å². The second kappa shape index (κ2) is 5.55. The average molecular weight is 329 g/mol. The first-order valence-corrected chi connectivity index (χ1v) is 8.16. The smallest absolute Gasteiger partial charge is 0.210 e. The van der Waals surface area contributed by atoms with Crippen LogP contribution in [-0.4, -0.2) is 20.3 Å². The summed E-state index contributed by atoms with van der Waals surface area (Å²) in [6.07, 6.45) is 2.14. The minimum absolute atomic E-state index is 0.0552. The zero-order chi connectivity index (χ0) is 13.3. The van der Waals surface area contributed by atoms with Crippen LogP contribution in [0.2, 0.25) is 10.0 Å². The van der Waals surface area contributed by atoms with Gasteiger partial charge in [-0.25, -0.2) is 13.1 Å². The summed E-state index contributed by atoms with van der Waals surface area (Å²) >= 11 is 17.6. The van der Waals surface area contributed by atoms with E-state index in [1.807, 2.05) is 0 Å². The third-order valence-electron chi connectivity index (χ3n) is 2.75. The summed E-state index contributed by atoms with van der Waals surface area (Å²) in [6.45, 7) is 0.221. The van der Waals surface area contributed by atoms with Crippen LogP contribution in [0.4, 0.5) is 0 Å². The summed E-state index contributed by atoms with van der Waals surface area (Å²) in [5, 5.41) is 0.411. The summed E-state index contributed by atoms with van der Waals surface area (Å²) in [5.41, 5.74) is 0. The molecule has 1 atom stereocenters. The van der Waals surface area contributed by atoms with Crippen molar-refractivity contribution in [2.75, 3.05) is 6.54 Å². The van der Waals surface area contributed by atoms with E-state index >= 15 is 0 Å². The zero-order valence-electron chi connectivity index (χ0n) is 9.37. The van der Waals surface area contributed by atoms with E-state index in [-0.39, 0.29) is 26.9 Å². The highest BCUT2D eigenvalue weighted by Crippen LogP contribution is 2.35. The maximum absolute atomic E-state index is 12.0. The van der Waals surface area contributed by atoms with E-state index in [4.69, 9.17) is 34.8 Å². The van der Waals surface area contributed by atoms with Crippen molar-refractivity contribution in [1.29, 1.82) is 0 Å². The van der Waals surface area contributed by atoms with Crippen LogP contribution in [-0.2, 0) is 10.0 Å². The number of nitrogens with one attached hydrogen (secondary N) is 1. The van der Waals surface area contributed by atoms with Gasteiger partial charge in [0.15, 0.2) is 0 Å². The van der Waals surface area contributed by atoms with Crippen LogP contribution in [0, 0.1) is 5.92 Å². The van der Waals surface area contributed by atoms with Crippen LogP contribution in [0.5, 0.6) is 0 Å². The lowest BCUT2D eigenvalue weighted by atomic mass is 10.3. The van der Waals surface area contributed by atoms with E-state index in [0.29, 0.717) is 5.92 Å². The molecule has 1 N–H and O–H groups in total. The van der Waals surface area contributed by atoms with E-state index < -0.39 is 10.0 Å². The van der Waals surface area contributed by atoms with Gasteiger partial charge in [0.05, 0.1) is 4.90 Å². The van der Waals surface area contributed by atoms with E-state index in [0.717, 1.165) is 12.8 Å². The van der Waals surface area contributed by atoms with E-state index in [1.54, 1.807) is 0 Å². The molecule has 1 aromatic carbocycles. The van der Waals surface area contributed by atoms with Crippen molar-refractivity contribution in [2.45, 2.75) is 23.1 Å². The Morgan fingerprint density at radius 3 is 2.28 bits per heavy atom. The SMILES string of the molecule is O=S(=O)(NCC(Cl)C1CC1)c1cc(Cl)cc(Cl)c1. The number of benzene rings is 1. The molecule has 0 spiro atoms. The molecule has 7 heteroatoms. The number of alkyl halides is 1. The van der Waals surface area contributed by atoms with Gasteiger partial charge in [-0.2, -0.15) is 0 Å². The van der Waals surface area contributed by atoms with Gasteiger partial charge >= 0.3 is 0 Å². The number of sulfonamides is 1. The molecule has 100 valence electrons. The lowest BCUT2D eigenvalue weighted by molar-refractivity contribution is 0.576. The van der Waals surface area contributed by atoms with Crippen LogP contribution >= 0.6 is 34.8 Å². The second-order valence-corrected chi connectivity index (χ2v) is 7.51. The summed E-state index contributed by atoms with van der Waals surface area (Å²) in [7, 11) is -3.61. The molecular weight excluding hydrogens is 317 g/mol. The van der Waals surface area contributed by atoms with Crippen molar-refractivity contribution < 1.29 is 8.42 Å². The van der Waals surface area contributed by atoms with Crippen molar-refractivity contribution in [3.05, 3.63) is 28.2 Å². The third-order valence-corrected chi connectivity index (χ3v) is 5.10. The first-order chi connectivity index (χ1) is 8.38. The number of hydrogen-bond donors (Lipinski definition) is 1. The summed E-state index contributed by atoms with van der Waals surface area (Å²) < 4.78 is 26.5. The molecule has 1 fully saturated rings. The Morgan fingerprint density at radius 2 is 1.78 bits per heavy atom.